The number of benzene rings is 2. The summed E-state index contributed by atoms with van der Waals surface area (Å²) < 4.78 is 44.8. The normalized spacial score (nSPS) is 15.5. The lowest BCUT2D eigenvalue weighted by molar-refractivity contribution is -0.286. The molecule has 1 amide bonds. The summed E-state index contributed by atoms with van der Waals surface area (Å²) in [4.78, 5) is 23.7. The van der Waals surface area contributed by atoms with Gasteiger partial charge in [0, 0.05) is 11.8 Å². The number of hydrogen-bond donors (Lipinski definition) is 1. The minimum absolute atomic E-state index is 0.136. The van der Waals surface area contributed by atoms with Gasteiger partial charge in [0.25, 0.3) is 5.91 Å². The molecule has 9 heteroatoms. The van der Waals surface area contributed by atoms with Crippen LogP contribution in [0.2, 0.25) is 0 Å². The first-order valence-corrected chi connectivity index (χ1v) is 8.98. The minimum Gasteiger partial charge on any atom is -0.482 e. The van der Waals surface area contributed by atoms with Crippen LogP contribution in [0.1, 0.15) is 17.5 Å². The Balaban J connectivity index is 1.22. The fourth-order valence-electron chi connectivity index (χ4n) is 3.19. The molecule has 2 aromatic carbocycles. The lowest BCUT2D eigenvalue weighted by Gasteiger charge is -2.09. The number of carbonyl (C=O) groups excluding carboxylic acids is 2. The minimum atomic E-state index is -3.74. The summed E-state index contributed by atoms with van der Waals surface area (Å²) in [7, 11) is 0. The predicted octanol–water partition coefficient (Wildman–Crippen LogP) is 3.06. The summed E-state index contributed by atoms with van der Waals surface area (Å²) >= 11 is 0. The number of hydrogen-bond acceptors (Lipinski definition) is 6. The number of esters is 1. The molecular formula is C20H17F2NO6. The van der Waals surface area contributed by atoms with E-state index >= 15 is 0 Å². The number of carbonyl (C=O) groups is 2. The number of rotatable bonds is 6. The molecular weight excluding hydrogens is 388 g/mol. The number of ether oxygens (including phenoxy) is 4. The molecule has 2 aromatic rings. The van der Waals surface area contributed by atoms with Crippen LogP contribution in [0.15, 0.2) is 36.4 Å². The molecule has 0 spiro atoms. The smallest absolute Gasteiger partial charge is 0.482 e. The van der Waals surface area contributed by atoms with E-state index in [2.05, 4.69) is 14.8 Å². The van der Waals surface area contributed by atoms with Gasteiger partial charge in [0.1, 0.15) is 5.75 Å². The third kappa shape index (κ3) is 4.56. The van der Waals surface area contributed by atoms with Gasteiger partial charge in [0.05, 0.1) is 0 Å². The van der Waals surface area contributed by atoms with E-state index in [1.807, 2.05) is 12.1 Å². The molecule has 1 aliphatic carbocycles. The Morgan fingerprint density at radius 1 is 1.00 bits per heavy atom. The van der Waals surface area contributed by atoms with Gasteiger partial charge in [-0.15, -0.1) is 8.78 Å². The number of nitrogens with one attached hydrogen (secondary N) is 1. The summed E-state index contributed by atoms with van der Waals surface area (Å²) in [6.45, 7) is -0.873. The van der Waals surface area contributed by atoms with E-state index in [-0.39, 0.29) is 23.8 Å². The SMILES string of the molecule is O=C(COC(=O)COc1ccc2c(c1)CCC2)Nc1ccc2c(c1)OC(F)(F)O2. The zero-order valence-electron chi connectivity index (χ0n) is 15.2. The van der Waals surface area contributed by atoms with Crippen molar-refractivity contribution >= 4 is 17.6 Å². The lowest BCUT2D eigenvalue weighted by atomic mass is 10.1. The summed E-state index contributed by atoms with van der Waals surface area (Å²) in [5, 5.41) is 2.42. The highest BCUT2D eigenvalue weighted by Gasteiger charge is 2.43. The molecule has 0 radical (unpaired) electrons. The first-order chi connectivity index (χ1) is 13.9. The zero-order chi connectivity index (χ0) is 20.4. The average molecular weight is 405 g/mol. The number of halogens is 2. The fraction of sp³-hybridized carbons (Fsp3) is 0.300. The van der Waals surface area contributed by atoms with Crippen molar-refractivity contribution in [3.05, 3.63) is 47.5 Å². The number of aryl methyl sites for hydroxylation is 2. The topological polar surface area (TPSA) is 83.1 Å². The summed E-state index contributed by atoms with van der Waals surface area (Å²) in [5.41, 5.74) is 2.71. The van der Waals surface area contributed by atoms with Gasteiger partial charge in [0.15, 0.2) is 24.7 Å². The van der Waals surface area contributed by atoms with Crippen LogP contribution < -0.4 is 19.5 Å². The maximum Gasteiger partial charge on any atom is 0.586 e. The van der Waals surface area contributed by atoms with Gasteiger partial charge < -0.3 is 24.3 Å². The van der Waals surface area contributed by atoms with Crippen molar-refractivity contribution in [2.24, 2.45) is 0 Å². The third-order valence-electron chi connectivity index (χ3n) is 4.48. The summed E-state index contributed by atoms with van der Waals surface area (Å²) in [6, 6.07) is 9.48. The standard InChI is InChI=1S/C20H17F2NO6/c21-20(22)28-16-7-5-14(9-17(16)29-20)23-18(24)10-27-19(25)11-26-15-6-4-12-2-1-3-13(12)8-15/h4-9H,1-3,10-11H2,(H,23,24). The van der Waals surface area contributed by atoms with Crippen LogP contribution in [0.25, 0.3) is 0 Å². The summed E-state index contributed by atoms with van der Waals surface area (Å²) in [6.07, 6.45) is -0.575. The van der Waals surface area contributed by atoms with Crippen molar-refractivity contribution in [1.29, 1.82) is 0 Å². The molecule has 2 aliphatic rings. The van der Waals surface area contributed by atoms with Crippen LogP contribution in [0.5, 0.6) is 17.2 Å². The second-order valence-corrected chi connectivity index (χ2v) is 6.61. The predicted molar refractivity (Wildman–Crippen MR) is 96.2 cm³/mol. The van der Waals surface area contributed by atoms with Crippen LogP contribution in [-0.4, -0.2) is 31.4 Å². The van der Waals surface area contributed by atoms with Crippen LogP contribution >= 0.6 is 0 Å². The number of amides is 1. The molecule has 0 saturated heterocycles. The molecule has 0 fully saturated rings. The van der Waals surface area contributed by atoms with E-state index in [1.54, 1.807) is 6.07 Å². The van der Waals surface area contributed by atoms with Crippen molar-refractivity contribution in [2.45, 2.75) is 25.6 Å². The van der Waals surface area contributed by atoms with E-state index in [0.29, 0.717) is 5.75 Å². The average Bonchev–Trinajstić information content (AvgIpc) is 3.26. The molecule has 7 nitrogen and oxygen atoms in total. The molecule has 0 saturated carbocycles. The highest BCUT2D eigenvalue weighted by molar-refractivity contribution is 5.93. The first kappa shape index (κ1) is 19.0. The van der Waals surface area contributed by atoms with Crippen LogP contribution in [0.4, 0.5) is 14.5 Å². The molecule has 152 valence electrons. The van der Waals surface area contributed by atoms with Crippen LogP contribution in [-0.2, 0) is 27.2 Å². The van der Waals surface area contributed by atoms with Gasteiger partial charge in [-0.05, 0) is 54.7 Å². The Bertz CT molecular complexity index is 962. The Morgan fingerprint density at radius 3 is 2.66 bits per heavy atom. The van der Waals surface area contributed by atoms with Gasteiger partial charge in [-0.2, -0.15) is 0 Å². The Labute approximate surface area is 164 Å². The molecule has 1 heterocycles. The highest BCUT2D eigenvalue weighted by Crippen LogP contribution is 2.42. The lowest BCUT2D eigenvalue weighted by Crippen LogP contribution is -2.26. The Kier molecular flexibility index (Phi) is 4.96. The number of alkyl halides is 2. The van der Waals surface area contributed by atoms with Gasteiger partial charge in [0.2, 0.25) is 0 Å². The second kappa shape index (κ2) is 7.57. The van der Waals surface area contributed by atoms with Crippen molar-refractivity contribution in [3.8, 4) is 17.2 Å². The molecule has 1 aliphatic heterocycles. The van der Waals surface area contributed by atoms with E-state index < -0.39 is 24.8 Å². The van der Waals surface area contributed by atoms with Gasteiger partial charge >= 0.3 is 12.3 Å². The van der Waals surface area contributed by atoms with E-state index in [1.165, 1.54) is 29.3 Å². The van der Waals surface area contributed by atoms with E-state index in [0.717, 1.165) is 19.3 Å². The monoisotopic (exact) mass is 405 g/mol. The second-order valence-electron chi connectivity index (χ2n) is 6.61. The Morgan fingerprint density at radius 2 is 1.79 bits per heavy atom. The van der Waals surface area contributed by atoms with Crippen molar-refractivity contribution in [2.75, 3.05) is 18.5 Å². The fourth-order valence-corrected chi connectivity index (χ4v) is 3.19. The summed E-state index contributed by atoms with van der Waals surface area (Å²) in [5.74, 6) is -1.10. The van der Waals surface area contributed by atoms with Crippen molar-refractivity contribution in [3.63, 3.8) is 0 Å². The molecule has 0 unspecified atom stereocenters. The van der Waals surface area contributed by atoms with Crippen LogP contribution in [0, 0.1) is 0 Å². The Hall–Kier alpha value is -3.36. The number of fused-ring (bicyclic) bond motifs is 2. The molecule has 0 atom stereocenters. The third-order valence-corrected chi connectivity index (χ3v) is 4.48. The van der Waals surface area contributed by atoms with Gasteiger partial charge in [-0.25, -0.2) is 4.79 Å². The van der Waals surface area contributed by atoms with E-state index in [4.69, 9.17) is 9.47 Å². The van der Waals surface area contributed by atoms with Gasteiger partial charge in [-0.3, -0.25) is 4.79 Å². The largest absolute Gasteiger partial charge is 0.586 e. The molecule has 29 heavy (non-hydrogen) atoms. The number of anilines is 1. The van der Waals surface area contributed by atoms with E-state index in [9.17, 15) is 18.4 Å². The quantitative estimate of drug-likeness (QED) is 0.744. The zero-order valence-corrected chi connectivity index (χ0v) is 15.2. The van der Waals surface area contributed by atoms with Crippen LogP contribution in [0.3, 0.4) is 0 Å². The maximum absolute atomic E-state index is 13.0. The van der Waals surface area contributed by atoms with Gasteiger partial charge in [-0.1, -0.05) is 6.07 Å². The maximum atomic E-state index is 13.0. The van der Waals surface area contributed by atoms with Crippen molar-refractivity contribution in [1.82, 2.24) is 0 Å². The first-order valence-electron chi connectivity index (χ1n) is 8.98. The molecule has 0 bridgehead atoms. The molecule has 0 aromatic heterocycles. The van der Waals surface area contributed by atoms with Crippen molar-refractivity contribution < 1.29 is 37.3 Å². The highest BCUT2D eigenvalue weighted by atomic mass is 19.3. The molecule has 1 N–H and O–H groups in total. The molecule has 4 rings (SSSR count).